The highest BCUT2D eigenvalue weighted by Crippen LogP contribution is 2.53. The minimum Gasteiger partial charge on any atom is -0.311 e. The Morgan fingerprint density at radius 1 is 0.492 bits per heavy atom. The van der Waals surface area contributed by atoms with E-state index in [-0.39, 0.29) is 28.4 Å². The van der Waals surface area contributed by atoms with E-state index in [9.17, 15) is 4.11 Å². The second-order valence-electron chi connectivity index (χ2n) is 22.5. The summed E-state index contributed by atoms with van der Waals surface area (Å²) in [7, 11) is 0. The average molecular weight is 826 g/mol. The molecule has 316 valence electrons. The van der Waals surface area contributed by atoms with Gasteiger partial charge in [0, 0.05) is 43.7 Å². The van der Waals surface area contributed by atoms with Crippen molar-refractivity contribution in [1.82, 2.24) is 0 Å². The maximum atomic E-state index is 9.18. The van der Waals surface area contributed by atoms with E-state index in [1.165, 1.54) is 38.7 Å². The van der Waals surface area contributed by atoms with Crippen LogP contribution in [-0.2, 0) is 29.1 Å². The quantitative estimate of drug-likeness (QED) is 0.163. The molecule has 0 saturated carbocycles. The lowest BCUT2D eigenvalue weighted by molar-refractivity contribution is 0.392. The van der Waals surface area contributed by atoms with Crippen LogP contribution in [-0.4, -0.2) is 6.71 Å². The fraction of sp³-hybridized carbons (Fsp3) is 0.300. The largest absolute Gasteiger partial charge is 0.311 e. The van der Waals surface area contributed by atoms with E-state index in [0.29, 0.717) is 5.56 Å². The zero-order chi connectivity index (χ0) is 46.9. The summed E-state index contributed by atoms with van der Waals surface area (Å²) >= 11 is 0. The smallest absolute Gasteiger partial charge is 0.252 e. The van der Waals surface area contributed by atoms with Crippen molar-refractivity contribution >= 4 is 57.2 Å². The number of nitrogens with zero attached hydrogens (tertiary/aromatic N) is 2. The molecule has 0 spiro atoms. The number of hydrogen-bond acceptors (Lipinski definition) is 2. The van der Waals surface area contributed by atoms with Crippen LogP contribution in [0.25, 0.3) is 22.3 Å². The molecule has 0 amide bonds. The Hall–Kier alpha value is -5.80. The molecule has 0 N–H and O–H groups in total. The first-order valence-electron chi connectivity index (χ1n) is 24.5. The molecule has 7 aromatic carbocycles. The van der Waals surface area contributed by atoms with E-state index >= 15 is 0 Å². The van der Waals surface area contributed by atoms with Crippen LogP contribution in [0.5, 0.6) is 0 Å². The number of aryl methyl sites for hydroxylation is 1. The molecule has 0 saturated heterocycles. The second kappa shape index (κ2) is 14.4. The van der Waals surface area contributed by atoms with Crippen molar-refractivity contribution in [2.75, 3.05) is 9.80 Å². The Balaban J connectivity index is 1.40. The Morgan fingerprint density at radius 2 is 1.03 bits per heavy atom. The number of rotatable bonds is 4. The zero-order valence-electron chi connectivity index (χ0n) is 42.2. The van der Waals surface area contributed by atoms with E-state index in [1.807, 2.05) is 12.1 Å². The third-order valence-corrected chi connectivity index (χ3v) is 13.9. The Labute approximate surface area is 382 Å². The van der Waals surface area contributed by atoms with Gasteiger partial charge in [-0.15, -0.1) is 0 Å². The molecule has 10 rings (SSSR count). The second-order valence-corrected chi connectivity index (χ2v) is 22.5. The van der Waals surface area contributed by atoms with E-state index in [1.54, 1.807) is 0 Å². The van der Waals surface area contributed by atoms with Gasteiger partial charge in [-0.25, -0.2) is 0 Å². The minimum absolute atomic E-state index is 0.102. The predicted molar refractivity (Wildman–Crippen MR) is 273 cm³/mol. The summed E-state index contributed by atoms with van der Waals surface area (Å²) in [6.45, 7) is 22.7. The SMILES string of the molecule is [2H]C([2H])([2H])c1cc2c3c(c1)N(c1c(-c4ccccc4)cc(C(C)(C)C)cc1-c1ccccc1)c1cc4c(cc1B3c1ccc(C(C)(C)C)cc1N2c1cccc(C(C)(C)C)c1)CC(C)(C)C4. The summed E-state index contributed by atoms with van der Waals surface area (Å²) in [5.74, 6) is 0. The number of hydrogen-bond donors (Lipinski definition) is 0. The van der Waals surface area contributed by atoms with Crippen LogP contribution in [0.15, 0.2) is 140 Å². The highest BCUT2D eigenvalue weighted by molar-refractivity contribution is 7.00. The molecule has 2 nitrogen and oxygen atoms in total. The van der Waals surface area contributed by atoms with Gasteiger partial charge in [-0.3, -0.25) is 0 Å². The van der Waals surface area contributed by atoms with Crippen molar-refractivity contribution in [3.8, 4) is 22.3 Å². The topological polar surface area (TPSA) is 6.48 Å². The van der Waals surface area contributed by atoms with Crippen LogP contribution in [0.1, 0.15) is 114 Å². The predicted octanol–water partition coefficient (Wildman–Crippen LogP) is 14.4. The highest BCUT2D eigenvalue weighted by atomic mass is 15.2. The highest BCUT2D eigenvalue weighted by Gasteiger charge is 2.46. The van der Waals surface area contributed by atoms with Gasteiger partial charge in [0.2, 0.25) is 0 Å². The third kappa shape index (κ3) is 7.04. The van der Waals surface area contributed by atoms with Crippen LogP contribution in [0, 0.1) is 12.3 Å². The standard InChI is InChI=1S/C60H63BN2/c1-38-28-53-55-54(29-38)63(56-47(39-20-15-13-16-21-39)33-45(59(8,9)10)34-48(56)40-22-17-14-18-23-40)51-31-42-37-60(11,12)36-41(42)30-50(51)61(55)49-27-26-44(58(5,6)7)35-52(49)62(53)46-25-19-24-43(32-46)57(2,3)4/h13-35H,36-37H2,1-12H3/i1D3. The van der Waals surface area contributed by atoms with E-state index in [2.05, 4.69) is 213 Å². The molecule has 0 aromatic heterocycles. The van der Waals surface area contributed by atoms with Gasteiger partial charge in [-0.05, 0) is 151 Å². The summed E-state index contributed by atoms with van der Waals surface area (Å²) in [6.07, 6.45) is 1.98. The van der Waals surface area contributed by atoms with Crippen molar-refractivity contribution in [3.05, 3.63) is 173 Å². The van der Waals surface area contributed by atoms with Gasteiger partial charge in [-0.1, -0.05) is 167 Å². The molecule has 2 heterocycles. The number of anilines is 6. The molecule has 0 unspecified atom stereocenters. The monoisotopic (exact) mass is 826 g/mol. The number of benzene rings is 7. The molecule has 63 heavy (non-hydrogen) atoms. The third-order valence-electron chi connectivity index (χ3n) is 13.9. The molecule has 3 heteroatoms. The molecule has 7 aromatic rings. The minimum atomic E-state index is -2.39. The summed E-state index contributed by atoms with van der Waals surface area (Å²) in [6, 6.07) is 51.4. The molecule has 3 aliphatic rings. The number of fused-ring (bicyclic) bond motifs is 5. The summed E-state index contributed by atoms with van der Waals surface area (Å²) in [5, 5.41) is 0. The van der Waals surface area contributed by atoms with Crippen molar-refractivity contribution in [2.45, 2.75) is 112 Å². The van der Waals surface area contributed by atoms with Gasteiger partial charge in [0.1, 0.15) is 0 Å². The van der Waals surface area contributed by atoms with Gasteiger partial charge in [0.25, 0.3) is 6.71 Å². The first-order valence-corrected chi connectivity index (χ1v) is 23.0. The summed E-state index contributed by atoms with van der Waals surface area (Å²) in [5.41, 5.74) is 20.7. The lowest BCUT2D eigenvalue weighted by Gasteiger charge is -2.46. The maximum absolute atomic E-state index is 9.18. The molecular formula is C60H63BN2. The van der Waals surface area contributed by atoms with E-state index in [0.717, 1.165) is 74.7 Å². The van der Waals surface area contributed by atoms with Gasteiger partial charge in [-0.2, -0.15) is 0 Å². The van der Waals surface area contributed by atoms with Crippen LogP contribution < -0.4 is 26.2 Å². The van der Waals surface area contributed by atoms with Gasteiger partial charge >= 0.3 is 0 Å². The zero-order valence-corrected chi connectivity index (χ0v) is 39.2. The maximum Gasteiger partial charge on any atom is 0.252 e. The van der Waals surface area contributed by atoms with Crippen molar-refractivity contribution in [1.29, 1.82) is 0 Å². The van der Waals surface area contributed by atoms with Gasteiger partial charge < -0.3 is 9.80 Å². The van der Waals surface area contributed by atoms with Gasteiger partial charge in [0.05, 0.1) is 5.69 Å². The first-order chi connectivity index (χ1) is 31.0. The van der Waals surface area contributed by atoms with E-state index < -0.39 is 6.85 Å². The molecule has 0 atom stereocenters. The van der Waals surface area contributed by atoms with Crippen molar-refractivity contribution in [3.63, 3.8) is 0 Å². The Morgan fingerprint density at radius 3 is 1.60 bits per heavy atom. The van der Waals surface area contributed by atoms with Crippen molar-refractivity contribution < 1.29 is 4.11 Å². The Kier molecular flexibility index (Phi) is 8.60. The van der Waals surface area contributed by atoms with Gasteiger partial charge in [0.15, 0.2) is 0 Å². The molecule has 1 aliphatic carbocycles. The van der Waals surface area contributed by atoms with Crippen LogP contribution >= 0.6 is 0 Å². The van der Waals surface area contributed by atoms with E-state index in [4.69, 9.17) is 0 Å². The lowest BCUT2D eigenvalue weighted by Crippen LogP contribution is -2.61. The molecule has 2 aliphatic heterocycles. The summed E-state index contributed by atoms with van der Waals surface area (Å²) in [4.78, 5) is 4.88. The average Bonchev–Trinajstić information content (AvgIpc) is 3.56. The first kappa shape index (κ1) is 37.7. The van der Waals surface area contributed by atoms with Crippen LogP contribution in [0.4, 0.5) is 34.1 Å². The lowest BCUT2D eigenvalue weighted by atomic mass is 9.33. The Bertz CT molecular complexity index is 2990. The fourth-order valence-corrected chi connectivity index (χ4v) is 10.6. The fourth-order valence-electron chi connectivity index (χ4n) is 10.6. The molecule has 0 fully saturated rings. The summed E-state index contributed by atoms with van der Waals surface area (Å²) < 4.78 is 27.6. The molecule has 0 bridgehead atoms. The molecule has 0 radical (unpaired) electrons. The van der Waals surface area contributed by atoms with Crippen LogP contribution in [0.2, 0.25) is 0 Å². The molecular weight excluding hydrogens is 759 g/mol. The normalized spacial score (nSPS) is 16.1. The van der Waals surface area contributed by atoms with Crippen LogP contribution in [0.3, 0.4) is 0 Å². The van der Waals surface area contributed by atoms with Crippen molar-refractivity contribution in [2.24, 2.45) is 5.41 Å².